The molecule has 0 aromatic rings. The maximum absolute atomic E-state index is 11.5. The zero-order valence-electron chi connectivity index (χ0n) is 7.58. The fraction of sp³-hybridized carbons (Fsp3) is 1.00. The first-order chi connectivity index (χ1) is 5.71. The van der Waals surface area contributed by atoms with Crippen molar-refractivity contribution in [1.82, 2.24) is 0 Å². The summed E-state index contributed by atoms with van der Waals surface area (Å²) in [4.78, 5) is 0. The molecular weight excluding hydrogens is 240 g/mol. The maximum atomic E-state index is 11.5. The fourth-order valence-electron chi connectivity index (χ4n) is 0.605. The van der Waals surface area contributed by atoms with Crippen LogP contribution in [-0.2, 0) is 4.74 Å². The van der Waals surface area contributed by atoms with Crippen molar-refractivity contribution in [3.63, 3.8) is 0 Å². The molecule has 0 atom stereocenters. The molecule has 14 heavy (non-hydrogen) atoms. The molecule has 0 aliphatic rings. The van der Waals surface area contributed by atoms with E-state index in [1.807, 2.05) is 0 Å². The molecule has 0 heterocycles. The van der Waals surface area contributed by atoms with E-state index < -0.39 is 39.1 Å². The van der Waals surface area contributed by atoms with Crippen molar-refractivity contribution in [2.75, 3.05) is 13.2 Å². The zero-order chi connectivity index (χ0) is 10.5. The van der Waals surface area contributed by atoms with Crippen LogP contribution in [0, 0.1) is 0 Å². The van der Waals surface area contributed by atoms with E-state index in [-0.39, 0.29) is 51.4 Å². The third-order valence-electron chi connectivity index (χ3n) is 1.09. The second kappa shape index (κ2) is 7.50. The Hall–Kier alpha value is 1.24. The molecule has 0 saturated carbocycles. The van der Waals surface area contributed by atoms with Crippen molar-refractivity contribution in [2.45, 2.75) is 18.9 Å². The van der Waals surface area contributed by atoms with Crippen LogP contribution in [0.3, 0.4) is 0 Å². The molecule has 1 nitrogen and oxygen atoms in total. The van der Waals surface area contributed by atoms with Crippen LogP contribution in [0.1, 0.15) is 6.42 Å². The Morgan fingerprint density at radius 3 is 1.93 bits per heavy atom. The van der Waals surface area contributed by atoms with Crippen LogP contribution in [0.15, 0.2) is 0 Å². The van der Waals surface area contributed by atoms with Crippen molar-refractivity contribution in [2.24, 2.45) is 0 Å². The molecule has 9 heteroatoms. The van der Waals surface area contributed by atoms with E-state index in [2.05, 4.69) is 4.74 Å². The molecule has 0 amide bonds. The van der Waals surface area contributed by atoms with Gasteiger partial charge in [0.05, 0.1) is 0 Å². The standard InChI is InChI=1S/C5H8BF6O.K/c7-5(8,9)4-13-3-1-2-6(10,11)12;/h1-4H2;/q-1;+1. The Labute approximate surface area is 120 Å². The number of ether oxygens (including phenoxy) is 1. The van der Waals surface area contributed by atoms with Crippen molar-refractivity contribution in [3.8, 4) is 0 Å². The minimum Gasteiger partial charge on any atom is -0.449 e. The summed E-state index contributed by atoms with van der Waals surface area (Å²) in [6, 6.07) is 0. The normalized spacial score (nSPS) is 12.4. The molecule has 0 fully saturated rings. The molecule has 0 unspecified atom stereocenters. The number of halogens is 6. The first-order valence-electron chi connectivity index (χ1n) is 3.56. The Bertz CT molecular complexity index is 130. The van der Waals surface area contributed by atoms with E-state index >= 15 is 0 Å². The van der Waals surface area contributed by atoms with Gasteiger partial charge < -0.3 is 17.7 Å². The van der Waals surface area contributed by atoms with Gasteiger partial charge in [0.1, 0.15) is 6.61 Å². The van der Waals surface area contributed by atoms with Crippen LogP contribution in [0.2, 0.25) is 6.32 Å². The van der Waals surface area contributed by atoms with E-state index in [4.69, 9.17) is 0 Å². The van der Waals surface area contributed by atoms with E-state index in [1.54, 1.807) is 0 Å². The number of alkyl halides is 3. The second-order valence-electron chi connectivity index (χ2n) is 2.52. The summed E-state index contributed by atoms with van der Waals surface area (Å²) in [6.45, 7) is -6.91. The van der Waals surface area contributed by atoms with E-state index in [9.17, 15) is 26.1 Å². The predicted octanol–water partition coefficient (Wildman–Crippen LogP) is -0.193. The van der Waals surface area contributed by atoms with Gasteiger partial charge in [0.25, 0.3) is 0 Å². The third kappa shape index (κ3) is 15.7. The van der Waals surface area contributed by atoms with Gasteiger partial charge in [-0.1, -0.05) is 12.7 Å². The number of rotatable bonds is 5. The Morgan fingerprint density at radius 1 is 1.07 bits per heavy atom. The maximum Gasteiger partial charge on any atom is 1.00 e. The molecular formula is C5H8BF6KO. The molecule has 0 bridgehead atoms. The monoisotopic (exact) mass is 248 g/mol. The van der Waals surface area contributed by atoms with Crippen molar-refractivity contribution in [3.05, 3.63) is 0 Å². The average molecular weight is 248 g/mol. The number of hydrogen-bond donors (Lipinski definition) is 0. The van der Waals surface area contributed by atoms with E-state index in [0.29, 0.717) is 0 Å². The summed E-state index contributed by atoms with van der Waals surface area (Å²) in [5.41, 5.74) is 0. The van der Waals surface area contributed by atoms with E-state index in [0.717, 1.165) is 0 Å². The van der Waals surface area contributed by atoms with Crippen LogP contribution in [0.25, 0.3) is 0 Å². The molecule has 0 aromatic carbocycles. The van der Waals surface area contributed by atoms with Gasteiger partial charge in [-0.15, -0.1) is 0 Å². The summed E-state index contributed by atoms with van der Waals surface area (Å²) >= 11 is 0. The van der Waals surface area contributed by atoms with Gasteiger partial charge in [0, 0.05) is 6.61 Å². The summed E-state index contributed by atoms with van der Waals surface area (Å²) in [6.07, 6.45) is -5.94. The summed E-state index contributed by atoms with van der Waals surface area (Å²) < 4.78 is 72.6. The molecule has 0 N–H and O–H groups in total. The van der Waals surface area contributed by atoms with Crippen LogP contribution < -0.4 is 51.4 Å². The van der Waals surface area contributed by atoms with Gasteiger partial charge in [-0.2, -0.15) is 13.2 Å². The summed E-state index contributed by atoms with van der Waals surface area (Å²) in [7, 11) is 0. The summed E-state index contributed by atoms with van der Waals surface area (Å²) in [5, 5.41) is 0. The van der Waals surface area contributed by atoms with Gasteiger partial charge in [-0.25, -0.2) is 0 Å². The Kier molecular flexibility index (Phi) is 9.45. The first kappa shape index (κ1) is 17.6. The SMILES string of the molecule is F[B-](F)(F)CCCOCC(F)(F)F.[K+]. The topological polar surface area (TPSA) is 9.23 Å². The third-order valence-corrected chi connectivity index (χ3v) is 1.09. The molecule has 0 saturated heterocycles. The Morgan fingerprint density at radius 2 is 1.57 bits per heavy atom. The minimum absolute atomic E-state index is 0. The largest absolute Gasteiger partial charge is 1.00 e. The van der Waals surface area contributed by atoms with E-state index in [1.165, 1.54) is 0 Å². The van der Waals surface area contributed by atoms with Crippen LogP contribution in [0.4, 0.5) is 26.1 Å². The Balaban J connectivity index is 0. The van der Waals surface area contributed by atoms with Crippen LogP contribution >= 0.6 is 0 Å². The molecule has 80 valence electrons. The first-order valence-corrected chi connectivity index (χ1v) is 3.56. The van der Waals surface area contributed by atoms with Crippen molar-refractivity contribution in [1.29, 1.82) is 0 Å². The van der Waals surface area contributed by atoms with Gasteiger partial charge in [-0.3, -0.25) is 0 Å². The van der Waals surface area contributed by atoms with Crippen LogP contribution in [0.5, 0.6) is 0 Å². The quantitative estimate of drug-likeness (QED) is 0.372. The molecule has 0 aromatic heterocycles. The van der Waals surface area contributed by atoms with Crippen molar-refractivity contribution >= 4 is 6.98 Å². The van der Waals surface area contributed by atoms with Gasteiger partial charge in [0.15, 0.2) is 0 Å². The molecule has 0 radical (unpaired) electrons. The minimum atomic E-state index is -4.91. The molecule has 0 aliphatic heterocycles. The average Bonchev–Trinajstić information content (AvgIpc) is 1.81. The van der Waals surface area contributed by atoms with Crippen LogP contribution in [-0.4, -0.2) is 26.4 Å². The van der Waals surface area contributed by atoms with Crippen molar-refractivity contribution < 1.29 is 82.2 Å². The summed E-state index contributed by atoms with van der Waals surface area (Å²) in [5.74, 6) is 0. The smallest absolute Gasteiger partial charge is 0.449 e. The van der Waals surface area contributed by atoms with Gasteiger partial charge >= 0.3 is 64.5 Å². The molecule has 0 spiro atoms. The zero-order valence-corrected chi connectivity index (χ0v) is 10.7. The second-order valence-corrected chi connectivity index (χ2v) is 2.52. The molecule has 0 aliphatic carbocycles. The van der Waals surface area contributed by atoms with Gasteiger partial charge in [-0.05, 0) is 0 Å². The predicted molar refractivity (Wildman–Crippen MR) is 35.4 cm³/mol. The number of hydrogen-bond acceptors (Lipinski definition) is 1. The fourth-order valence-corrected chi connectivity index (χ4v) is 0.605. The van der Waals surface area contributed by atoms with Gasteiger partial charge in [0.2, 0.25) is 0 Å². The molecule has 0 rings (SSSR count).